The highest BCUT2D eigenvalue weighted by molar-refractivity contribution is 5.34. The highest BCUT2D eigenvalue weighted by Gasteiger charge is 2.19. The number of benzene rings is 1. The van der Waals surface area contributed by atoms with Crippen molar-refractivity contribution in [3.05, 3.63) is 34.9 Å². The van der Waals surface area contributed by atoms with E-state index in [4.69, 9.17) is 5.26 Å². The molecular formula is C14H18F2N2O. The molecule has 0 spiro atoms. The molecule has 1 rings (SSSR count). The van der Waals surface area contributed by atoms with Crippen LogP contribution in [0.2, 0.25) is 0 Å². The van der Waals surface area contributed by atoms with Crippen LogP contribution in [0.25, 0.3) is 0 Å². The minimum Gasteiger partial charge on any atom is -0.389 e. The van der Waals surface area contributed by atoms with Crippen LogP contribution in [0.15, 0.2) is 12.1 Å². The van der Waals surface area contributed by atoms with E-state index < -0.39 is 17.2 Å². The average molecular weight is 268 g/mol. The topological polar surface area (TPSA) is 56.0 Å². The van der Waals surface area contributed by atoms with Gasteiger partial charge < -0.3 is 10.4 Å². The largest absolute Gasteiger partial charge is 0.389 e. The van der Waals surface area contributed by atoms with Crippen LogP contribution in [0.4, 0.5) is 8.78 Å². The van der Waals surface area contributed by atoms with Crippen molar-refractivity contribution in [1.82, 2.24) is 5.32 Å². The smallest absolute Gasteiger partial charge is 0.131 e. The van der Waals surface area contributed by atoms with E-state index in [0.29, 0.717) is 6.42 Å². The van der Waals surface area contributed by atoms with Crippen LogP contribution >= 0.6 is 0 Å². The first kappa shape index (κ1) is 15.5. The molecule has 1 atom stereocenters. The summed E-state index contributed by atoms with van der Waals surface area (Å²) in [7, 11) is 0. The molecule has 0 aliphatic carbocycles. The van der Waals surface area contributed by atoms with Crippen LogP contribution in [0.5, 0.6) is 0 Å². The zero-order valence-corrected chi connectivity index (χ0v) is 11.1. The van der Waals surface area contributed by atoms with E-state index in [1.165, 1.54) is 0 Å². The Morgan fingerprint density at radius 3 is 2.42 bits per heavy atom. The highest BCUT2D eigenvalue weighted by atomic mass is 19.1. The fraction of sp³-hybridized carbons (Fsp3) is 0.500. The summed E-state index contributed by atoms with van der Waals surface area (Å²) in [6, 6.07) is 3.70. The minimum atomic E-state index is -0.895. The van der Waals surface area contributed by atoms with Gasteiger partial charge >= 0.3 is 0 Å². The molecule has 0 fully saturated rings. The van der Waals surface area contributed by atoms with Gasteiger partial charge in [-0.05, 0) is 25.5 Å². The Labute approximate surface area is 111 Å². The zero-order chi connectivity index (χ0) is 14.5. The molecule has 0 aliphatic heterocycles. The molecule has 19 heavy (non-hydrogen) atoms. The molecule has 0 saturated carbocycles. The molecule has 1 aromatic carbocycles. The van der Waals surface area contributed by atoms with E-state index >= 15 is 0 Å². The van der Waals surface area contributed by atoms with Crippen molar-refractivity contribution in [2.45, 2.75) is 38.8 Å². The monoisotopic (exact) mass is 268 g/mol. The first-order chi connectivity index (χ1) is 8.89. The molecule has 0 heterocycles. The van der Waals surface area contributed by atoms with E-state index in [1.807, 2.05) is 6.92 Å². The van der Waals surface area contributed by atoms with Gasteiger partial charge in [-0.15, -0.1) is 0 Å². The zero-order valence-electron chi connectivity index (χ0n) is 11.1. The first-order valence-electron chi connectivity index (χ1n) is 6.20. The van der Waals surface area contributed by atoms with E-state index in [2.05, 4.69) is 5.32 Å². The molecule has 0 aliphatic rings. The Bertz CT molecular complexity index is 458. The molecule has 1 aromatic rings. The van der Waals surface area contributed by atoms with E-state index in [0.717, 1.165) is 18.6 Å². The summed E-state index contributed by atoms with van der Waals surface area (Å²) in [6.45, 7) is 3.85. The Morgan fingerprint density at radius 2 is 1.95 bits per heavy atom. The third kappa shape index (κ3) is 4.58. The second kappa shape index (κ2) is 6.60. The third-order valence-corrected chi connectivity index (χ3v) is 2.87. The standard InChI is InChI=1S/C14H18F2N2O/c1-3-4-14(2,19)9-18-8-11-12(15)5-10(7-17)6-13(11)16/h5-6,18-19H,3-4,8-9H2,1-2H3. The minimum absolute atomic E-state index is 0.0246. The highest BCUT2D eigenvalue weighted by Crippen LogP contribution is 2.16. The van der Waals surface area contributed by atoms with Gasteiger partial charge in [0, 0.05) is 18.7 Å². The molecule has 3 nitrogen and oxygen atoms in total. The summed E-state index contributed by atoms with van der Waals surface area (Å²) < 4.78 is 27.1. The van der Waals surface area contributed by atoms with E-state index in [1.54, 1.807) is 13.0 Å². The summed E-state index contributed by atoms with van der Waals surface area (Å²) in [5, 5.41) is 21.3. The lowest BCUT2D eigenvalue weighted by Crippen LogP contribution is -2.37. The van der Waals surface area contributed by atoms with Crippen LogP contribution in [0.1, 0.15) is 37.8 Å². The van der Waals surface area contributed by atoms with Crippen molar-refractivity contribution in [2.75, 3.05) is 6.54 Å². The molecule has 0 aromatic heterocycles. The fourth-order valence-corrected chi connectivity index (χ4v) is 1.92. The van der Waals surface area contributed by atoms with Gasteiger partial charge in [-0.2, -0.15) is 5.26 Å². The lowest BCUT2D eigenvalue weighted by Gasteiger charge is -2.23. The van der Waals surface area contributed by atoms with Crippen LogP contribution in [0, 0.1) is 23.0 Å². The Morgan fingerprint density at radius 1 is 1.37 bits per heavy atom. The molecule has 1 unspecified atom stereocenters. The molecule has 0 radical (unpaired) electrons. The van der Waals surface area contributed by atoms with Gasteiger partial charge in [-0.25, -0.2) is 8.78 Å². The molecule has 104 valence electrons. The van der Waals surface area contributed by atoms with Gasteiger partial charge in [0.15, 0.2) is 0 Å². The molecule has 2 N–H and O–H groups in total. The Hall–Kier alpha value is -1.51. The summed E-state index contributed by atoms with van der Waals surface area (Å²) in [5.41, 5.74) is -1.06. The normalized spacial score (nSPS) is 13.9. The van der Waals surface area contributed by atoms with Crippen molar-refractivity contribution in [2.24, 2.45) is 0 Å². The molecule has 0 amide bonds. The van der Waals surface area contributed by atoms with Crippen LogP contribution in [0.3, 0.4) is 0 Å². The van der Waals surface area contributed by atoms with Crippen molar-refractivity contribution in [3.63, 3.8) is 0 Å². The number of nitrogens with zero attached hydrogens (tertiary/aromatic N) is 1. The molecule has 0 saturated heterocycles. The second-order valence-electron chi connectivity index (χ2n) is 4.88. The number of aliphatic hydroxyl groups is 1. The van der Waals surface area contributed by atoms with Crippen LogP contribution < -0.4 is 5.32 Å². The maximum atomic E-state index is 13.6. The Balaban J connectivity index is 2.67. The number of hydrogen-bond acceptors (Lipinski definition) is 3. The average Bonchev–Trinajstić information content (AvgIpc) is 2.32. The molecule has 0 bridgehead atoms. The quantitative estimate of drug-likeness (QED) is 0.833. The third-order valence-electron chi connectivity index (χ3n) is 2.87. The van der Waals surface area contributed by atoms with Crippen molar-refractivity contribution in [1.29, 1.82) is 5.26 Å². The summed E-state index contributed by atoms with van der Waals surface area (Å²) in [6.07, 6.45) is 1.44. The number of nitriles is 1. The fourth-order valence-electron chi connectivity index (χ4n) is 1.92. The summed E-state index contributed by atoms with van der Waals surface area (Å²) in [5.74, 6) is -1.50. The number of halogens is 2. The van der Waals surface area contributed by atoms with Crippen molar-refractivity contribution < 1.29 is 13.9 Å². The number of hydrogen-bond donors (Lipinski definition) is 2. The van der Waals surface area contributed by atoms with Crippen molar-refractivity contribution >= 4 is 0 Å². The van der Waals surface area contributed by atoms with Gasteiger partial charge in [0.1, 0.15) is 11.6 Å². The predicted octanol–water partition coefficient (Wildman–Crippen LogP) is 2.48. The number of nitrogens with one attached hydrogen (secondary N) is 1. The Kier molecular flexibility index (Phi) is 5.40. The van der Waals surface area contributed by atoms with Gasteiger partial charge in [-0.3, -0.25) is 0 Å². The van der Waals surface area contributed by atoms with Gasteiger partial charge in [0.2, 0.25) is 0 Å². The predicted molar refractivity (Wildman–Crippen MR) is 68.3 cm³/mol. The summed E-state index contributed by atoms with van der Waals surface area (Å²) in [4.78, 5) is 0. The van der Waals surface area contributed by atoms with Gasteiger partial charge in [0.05, 0.1) is 17.2 Å². The van der Waals surface area contributed by atoms with E-state index in [-0.39, 0.29) is 24.2 Å². The van der Waals surface area contributed by atoms with Crippen LogP contribution in [-0.4, -0.2) is 17.3 Å². The maximum absolute atomic E-state index is 13.6. The van der Waals surface area contributed by atoms with E-state index in [9.17, 15) is 13.9 Å². The lowest BCUT2D eigenvalue weighted by molar-refractivity contribution is 0.0496. The number of rotatable bonds is 6. The van der Waals surface area contributed by atoms with Gasteiger partial charge in [0.25, 0.3) is 0 Å². The molecular weight excluding hydrogens is 250 g/mol. The van der Waals surface area contributed by atoms with Crippen molar-refractivity contribution in [3.8, 4) is 6.07 Å². The first-order valence-corrected chi connectivity index (χ1v) is 6.20. The summed E-state index contributed by atoms with van der Waals surface area (Å²) >= 11 is 0. The van der Waals surface area contributed by atoms with Crippen LogP contribution in [-0.2, 0) is 6.54 Å². The second-order valence-corrected chi connectivity index (χ2v) is 4.88. The lowest BCUT2D eigenvalue weighted by atomic mass is 10.0. The SMILES string of the molecule is CCCC(C)(O)CNCc1c(F)cc(C#N)cc1F. The molecule has 5 heteroatoms. The van der Waals surface area contributed by atoms with Gasteiger partial charge in [-0.1, -0.05) is 13.3 Å². The maximum Gasteiger partial charge on any atom is 0.131 e.